The first-order valence-corrected chi connectivity index (χ1v) is 6.81. The monoisotopic (exact) mass is 330 g/mol. The van der Waals surface area contributed by atoms with Gasteiger partial charge in [0.1, 0.15) is 11.3 Å². The Morgan fingerprint density at radius 2 is 1.58 bits per heavy atom. The Morgan fingerprint density at radius 1 is 0.917 bits per heavy atom. The second-order valence-corrected chi connectivity index (χ2v) is 5.10. The van der Waals surface area contributed by atoms with Gasteiger partial charge in [-0.2, -0.15) is 4.74 Å². The number of nitro benzene ring substituents is 2. The number of nitrogens with zero attached hydrogens (tertiary/aromatic N) is 4. The second kappa shape index (κ2) is 6.73. The summed E-state index contributed by atoms with van der Waals surface area (Å²) in [6, 6.07) is 9.88. The molecule has 0 heterocycles. The van der Waals surface area contributed by atoms with Crippen LogP contribution in [0.3, 0.4) is 0 Å². The van der Waals surface area contributed by atoms with Crippen LogP contribution in [0, 0.1) is 25.4 Å². The molecule has 9 nitrogen and oxygen atoms in total. The fourth-order valence-electron chi connectivity index (χ4n) is 2.14. The summed E-state index contributed by atoms with van der Waals surface area (Å²) in [5.74, 6) is 0. The van der Waals surface area contributed by atoms with E-state index in [0.717, 1.165) is 18.3 Å². The highest BCUT2D eigenvalue weighted by Crippen LogP contribution is 2.27. The number of anilines is 1. The van der Waals surface area contributed by atoms with Crippen LogP contribution in [0.25, 0.3) is 0 Å². The minimum Gasteiger partial charge on any atom is -0.618 e. The van der Waals surface area contributed by atoms with Gasteiger partial charge in [0.2, 0.25) is 5.69 Å². The third-order valence-corrected chi connectivity index (χ3v) is 3.28. The molecule has 0 amide bonds. The van der Waals surface area contributed by atoms with Crippen molar-refractivity contribution >= 4 is 29.0 Å². The molecule has 0 aliphatic carbocycles. The number of para-hydroxylation sites is 2. The molecule has 9 heteroatoms. The van der Waals surface area contributed by atoms with Crippen molar-refractivity contribution < 1.29 is 14.6 Å². The zero-order valence-electron chi connectivity index (χ0n) is 12.9. The number of rotatable bonds is 5. The van der Waals surface area contributed by atoms with Crippen molar-refractivity contribution in [1.29, 1.82) is 0 Å². The van der Waals surface area contributed by atoms with Gasteiger partial charge in [0, 0.05) is 26.2 Å². The lowest BCUT2D eigenvalue weighted by atomic mass is 10.1. The lowest BCUT2D eigenvalue weighted by Gasteiger charge is -2.15. The van der Waals surface area contributed by atoms with Gasteiger partial charge >= 0.3 is 0 Å². The Labute approximate surface area is 137 Å². The Balaban J connectivity index is 2.55. The van der Waals surface area contributed by atoms with Crippen molar-refractivity contribution in [3.8, 4) is 0 Å². The number of hydrogen-bond donors (Lipinski definition) is 0. The first-order chi connectivity index (χ1) is 11.3. The summed E-state index contributed by atoms with van der Waals surface area (Å²) in [7, 11) is 3.53. The fourth-order valence-corrected chi connectivity index (χ4v) is 2.14. The summed E-state index contributed by atoms with van der Waals surface area (Å²) in [5.41, 5.74) is -0.00463. The molecule has 0 atom stereocenters. The van der Waals surface area contributed by atoms with E-state index < -0.39 is 21.2 Å². The Morgan fingerprint density at radius 3 is 2.17 bits per heavy atom. The van der Waals surface area contributed by atoms with Crippen molar-refractivity contribution in [2.75, 3.05) is 19.0 Å². The predicted octanol–water partition coefficient (Wildman–Crippen LogP) is 2.83. The molecular weight excluding hydrogens is 316 g/mol. The lowest BCUT2D eigenvalue weighted by molar-refractivity contribution is -0.394. The van der Waals surface area contributed by atoms with Crippen molar-refractivity contribution in [3.63, 3.8) is 0 Å². The van der Waals surface area contributed by atoms with Gasteiger partial charge in [0.15, 0.2) is 6.21 Å². The number of nitro groups is 2. The highest BCUT2D eigenvalue weighted by atomic mass is 16.6. The number of hydrogen-bond acceptors (Lipinski definition) is 6. The maximum Gasteiger partial charge on any atom is 0.289 e. The van der Waals surface area contributed by atoms with Crippen LogP contribution in [0.1, 0.15) is 5.56 Å². The molecule has 2 aromatic carbocycles. The zero-order valence-corrected chi connectivity index (χ0v) is 12.9. The molecular formula is C15H14N4O5. The van der Waals surface area contributed by atoms with E-state index in [1.165, 1.54) is 6.07 Å². The Kier molecular flexibility index (Phi) is 4.73. The Hall–Kier alpha value is -3.49. The number of benzene rings is 2. The van der Waals surface area contributed by atoms with Gasteiger partial charge in [0.05, 0.1) is 15.9 Å². The minimum absolute atomic E-state index is 0.0193. The molecule has 0 aromatic heterocycles. The van der Waals surface area contributed by atoms with E-state index in [4.69, 9.17) is 0 Å². The summed E-state index contributed by atoms with van der Waals surface area (Å²) in [4.78, 5) is 22.1. The SMILES string of the molecule is CN(C)c1ccccc1[N+]([O-])=Cc1ccc([N+](=O)[O-])cc1[N+](=O)[O-]. The van der Waals surface area contributed by atoms with Crippen LogP contribution < -0.4 is 4.90 Å². The van der Waals surface area contributed by atoms with Crippen LogP contribution in [0.5, 0.6) is 0 Å². The molecule has 0 unspecified atom stereocenters. The quantitative estimate of drug-likeness (QED) is 0.274. The summed E-state index contributed by atoms with van der Waals surface area (Å²) in [5, 5.41) is 34.3. The molecule has 0 fully saturated rings. The standard InChI is InChI=1S/C15H14N4O5/c1-16(2)13-5-3-4-6-14(13)17(20)10-11-7-8-12(18(21)22)9-15(11)19(23)24/h3-10H,1-2H3. The van der Waals surface area contributed by atoms with Crippen molar-refractivity contribution in [2.45, 2.75) is 0 Å². The van der Waals surface area contributed by atoms with E-state index in [0.29, 0.717) is 16.1 Å². The van der Waals surface area contributed by atoms with Gasteiger partial charge in [-0.15, -0.1) is 0 Å². The maximum atomic E-state index is 12.4. The molecule has 0 saturated carbocycles. The molecule has 0 aliphatic heterocycles. The van der Waals surface area contributed by atoms with Gasteiger partial charge in [-0.1, -0.05) is 12.1 Å². The largest absolute Gasteiger partial charge is 0.618 e. The number of non-ortho nitro benzene ring substituents is 1. The highest BCUT2D eigenvalue weighted by Gasteiger charge is 2.21. The van der Waals surface area contributed by atoms with E-state index in [9.17, 15) is 25.4 Å². The second-order valence-electron chi connectivity index (χ2n) is 5.10. The predicted molar refractivity (Wildman–Crippen MR) is 89.0 cm³/mol. The molecule has 0 saturated heterocycles. The van der Waals surface area contributed by atoms with Gasteiger partial charge < -0.3 is 10.1 Å². The average Bonchev–Trinajstić information content (AvgIpc) is 2.54. The lowest BCUT2D eigenvalue weighted by Crippen LogP contribution is -2.12. The Bertz CT molecular complexity index is 832. The molecule has 124 valence electrons. The van der Waals surface area contributed by atoms with Gasteiger partial charge in [-0.25, -0.2) is 0 Å². The van der Waals surface area contributed by atoms with Gasteiger partial charge in [-0.3, -0.25) is 20.2 Å². The normalized spacial score (nSPS) is 11.2. The molecule has 0 N–H and O–H groups in total. The van der Waals surface area contributed by atoms with Crippen LogP contribution in [-0.2, 0) is 0 Å². The average molecular weight is 330 g/mol. The first kappa shape index (κ1) is 16.9. The van der Waals surface area contributed by atoms with E-state index in [-0.39, 0.29) is 5.56 Å². The van der Waals surface area contributed by atoms with Crippen LogP contribution in [-0.4, -0.2) is 34.9 Å². The van der Waals surface area contributed by atoms with Crippen LogP contribution in [0.2, 0.25) is 0 Å². The highest BCUT2D eigenvalue weighted by molar-refractivity contribution is 5.84. The van der Waals surface area contributed by atoms with Crippen LogP contribution >= 0.6 is 0 Å². The maximum absolute atomic E-state index is 12.4. The van der Waals surface area contributed by atoms with E-state index in [2.05, 4.69) is 0 Å². The van der Waals surface area contributed by atoms with E-state index in [1.54, 1.807) is 43.3 Å². The summed E-state index contributed by atoms with van der Waals surface area (Å²) in [6.45, 7) is 0. The fraction of sp³-hybridized carbons (Fsp3) is 0.133. The molecule has 0 spiro atoms. The zero-order chi connectivity index (χ0) is 17.9. The summed E-state index contributed by atoms with van der Waals surface area (Å²) in [6.07, 6.45) is 1.03. The molecule has 0 aliphatic rings. The van der Waals surface area contributed by atoms with Gasteiger partial charge in [0.25, 0.3) is 11.4 Å². The summed E-state index contributed by atoms with van der Waals surface area (Å²) < 4.78 is 0.503. The molecule has 24 heavy (non-hydrogen) atoms. The van der Waals surface area contributed by atoms with Crippen molar-refractivity contribution in [2.24, 2.45) is 0 Å². The van der Waals surface area contributed by atoms with E-state index >= 15 is 0 Å². The van der Waals surface area contributed by atoms with Crippen LogP contribution in [0.4, 0.5) is 22.7 Å². The van der Waals surface area contributed by atoms with Crippen LogP contribution in [0.15, 0.2) is 42.5 Å². The molecule has 0 radical (unpaired) electrons. The van der Waals surface area contributed by atoms with Gasteiger partial charge in [-0.05, 0) is 12.1 Å². The summed E-state index contributed by atoms with van der Waals surface area (Å²) >= 11 is 0. The third kappa shape index (κ3) is 3.46. The molecule has 2 rings (SSSR count). The molecule has 0 bridgehead atoms. The third-order valence-electron chi connectivity index (χ3n) is 3.28. The first-order valence-electron chi connectivity index (χ1n) is 6.81. The topological polar surface area (TPSA) is 116 Å². The minimum atomic E-state index is -0.759. The van der Waals surface area contributed by atoms with E-state index in [1.807, 2.05) is 0 Å². The molecule has 2 aromatic rings. The smallest absolute Gasteiger partial charge is 0.289 e. The van der Waals surface area contributed by atoms with Crippen molar-refractivity contribution in [3.05, 3.63) is 73.5 Å². The van der Waals surface area contributed by atoms with Crippen molar-refractivity contribution in [1.82, 2.24) is 0 Å².